The van der Waals surface area contributed by atoms with Crippen LogP contribution in [-0.4, -0.2) is 125 Å². The summed E-state index contributed by atoms with van der Waals surface area (Å²) in [6.07, 6.45) is -8.54. The lowest BCUT2D eigenvalue weighted by atomic mass is 9.76. The zero-order chi connectivity index (χ0) is 41.5. The minimum atomic E-state index is -1.89. The molecule has 0 bridgehead atoms. The molecule has 2 aliphatic rings. The average molecular weight is 778 g/mol. The predicted octanol–water partition coefficient (Wildman–Crippen LogP) is 2.17. The van der Waals surface area contributed by atoms with Crippen molar-refractivity contribution in [1.82, 2.24) is 10.2 Å². The molecule has 0 aromatic heterocycles. The molecule has 0 saturated carbocycles. The van der Waals surface area contributed by atoms with Crippen molar-refractivity contribution in [1.29, 1.82) is 0 Å². The molecule has 308 valence electrons. The molecular weight excluding hydrogens is 718 g/mol. The number of nitrogens with one attached hydrogen (secondary N) is 2. The SMILES string of the molecule is CC(C)(C)Cc1ccc(O[C@@H]2O[C@H](C(=O)O)[C@@H](O)[C@H](O)[C@H]2O)c(NC(=O)CCNC(=O)CCOCCOCCN2C(=O)C(C(C)(C)C)=C(C(C)(C)C)C2=O)c1. The second kappa shape index (κ2) is 18.8. The summed E-state index contributed by atoms with van der Waals surface area (Å²) in [6, 6.07) is 4.92. The Morgan fingerprint density at radius 3 is 1.91 bits per heavy atom. The normalized spacial score (nSPS) is 22.3. The van der Waals surface area contributed by atoms with Gasteiger partial charge >= 0.3 is 5.97 Å². The molecule has 0 radical (unpaired) electrons. The van der Waals surface area contributed by atoms with Gasteiger partial charge in [0.25, 0.3) is 11.8 Å². The van der Waals surface area contributed by atoms with Gasteiger partial charge in [-0.05, 0) is 40.4 Å². The van der Waals surface area contributed by atoms with Crippen molar-refractivity contribution < 1.29 is 63.3 Å². The van der Waals surface area contributed by atoms with Gasteiger partial charge in [-0.25, -0.2) is 4.79 Å². The van der Waals surface area contributed by atoms with Gasteiger partial charge in [-0.3, -0.25) is 24.1 Å². The second-order valence-corrected chi connectivity index (χ2v) is 17.1. The zero-order valence-electron chi connectivity index (χ0n) is 33.4. The fraction of sp³-hybridized carbons (Fsp3) is 0.667. The number of hydrogen-bond donors (Lipinski definition) is 6. The van der Waals surface area contributed by atoms with E-state index in [1.807, 2.05) is 62.3 Å². The van der Waals surface area contributed by atoms with Gasteiger partial charge in [0, 0.05) is 30.5 Å². The van der Waals surface area contributed by atoms with Crippen LogP contribution in [0.2, 0.25) is 0 Å². The Morgan fingerprint density at radius 2 is 1.36 bits per heavy atom. The van der Waals surface area contributed by atoms with Crippen LogP contribution < -0.4 is 15.4 Å². The molecule has 1 saturated heterocycles. The summed E-state index contributed by atoms with van der Waals surface area (Å²) in [6.45, 7) is 18.4. The highest BCUT2D eigenvalue weighted by atomic mass is 16.7. The van der Waals surface area contributed by atoms with Gasteiger partial charge < -0.3 is 50.0 Å². The van der Waals surface area contributed by atoms with Crippen molar-refractivity contribution in [2.24, 2.45) is 16.2 Å². The summed E-state index contributed by atoms with van der Waals surface area (Å²) >= 11 is 0. The van der Waals surface area contributed by atoms with Gasteiger partial charge in [0.1, 0.15) is 24.1 Å². The molecule has 6 N–H and O–H groups in total. The van der Waals surface area contributed by atoms with Crippen LogP contribution in [0.1, 0.15) is 80.7 Å². The van der Waals surface area contributed by atoms with Gasteiger partial charge in [-0.2, -0.15) is 0 Å². The first-order valence-corrected chi connectivity index (χ1v) is 18.5. The van der Waals surface area contributed by atoms with Crippen LogP contribution in [0.5, 0.6) is 5.75 Å². The summed E-state index contributed by atoms with van der Waals surface area (Å²) in [5, 5.41) is 45.4. The number of carboxylic acids is 1. The molecule has 16 nitrogen and oxygen atoms in total. The molecule has 55 heavy (non-hydrogen) atoms. The van der Waals surface area contributed by atoms with Crippen LogP contribution in [-0.2, 0) is 44.6 Å². The number of carbonyl (C=O) groups is 5. The number of nitrogens with zero attached hydrogens (tertiary/aromatic N) is 1. The molecular formula is C39H59N3O13. The Hall–Kier alpha value is -3.93. The number of aliphatic hydroxyl groups excluding tert-OH is 3. The lowest BCUT2D eigenvalue weighted by Gasteiger charge is -2.38. The van der Waals surface area contributed by atoms with E-state index in [0.29, 0.717) is 17.6 Å². The van der Waals surface area contributed by atoms with Crippen molar-refractivity contribution in [2.75, 3.05) is 44.8 Å². The molecule has 3 rings (SSSR count). The van der Waals surface area contributed by atoms with E-state index in [2.05, 4.69) is 10.6 Å². The first-order valence-electron chi connectivity index (χ1n) is 18.5. The molecule has 0 aliphatic carbocycles. The van der Waals surface area contributed by atoms with Crippen molar-refractivity contribution in [3.63, 3.8) is 0 Å². The van der Waals surface area contributed by atoms with Crippen molar-refractivity contribution in [3.05, 3.63) is 34.9 Å². The van der Waals surface area contributed by atoms with Gasteiger partial charge in [0.15, 0.2) is 6.10 Å². The zero-order valence-corrected chi connectivity index (χ0v) is 33.4. The number of aliphatic carboxylic acids is 1. The molecule has 0 unspecified atom stereocenters. The summed E-state index contributed by atoms with van der Waals surface area (Å²) in [4.78, 5) is 64.3. The van der Waals surface area contributed by atoms with Crippen molar-refractivity contribution in [2.45, 2.75) is 112 Å². The van der Waals surface area contributed by atoms with E-state index >= 15 is 0 Å². The van der Waals surface area contributed by atoms with E-state index in [-0.39, 0.29) is 86.9 Å². The second-order valence-electron chi connectivity index (χ2n) is 17.1. The van der Waals surface area contributed by atoms with Crippen LogP contribution in [0.25, 0.3) is 0 Å². The highest BCUT2D eigenvalue weighted by Gasteiger charge is 2.49. The molecule has 5 atom stereocenters. The van der Waals surface area contributed by atoms with Crippen molar-refractivity contribution >= 4 is 35.3 Å². The van der Waals surface area contributed by atoms with Crippen LogP contribution in [0.4, 0.5) is 5.69 Å². The molecule has 1 aromatic rings. The third-order valence-corrected chi connectivity index (χ3v) is 8.76. The number of anilines is 1. The minimum Gasteiger partial charge on any atom is -0.479 e. The van der Waals surface area contributed by atoms with Gasteiger partial charge in [0.05, 0.1) is 38.7 Å². The van der Waals surface area contributed by atoms with E-state index in [4.69, 9.17) is 18.9 Å². The molecule has 1 aromatic carbocycles. The Kier molecular flexibility index (Phi) is 15.5. The van der Waals surface area contributed by atoms with Gasteiger partial charge in [-0.15, -0.1) is 0 Å². The largest absolute Gasteiger partial charge is 0.479 e. The molecule has 2 heterocycles. The van der Waals surface area contributed by atoms with E-state index in [0.717, 1.165) is 5.56 Å². The maximum atomic E-state index is 13.1. The highest BCUT2D eigenvalue weighted by molar-refractivity contribution is 6.20. The number of carboxylic acid groups (broad SMARTS) is 1. The fourth-order valence-electron chi connectivity index (χ4n) is 6.20. The average Bonchev–Trinajstić information content (AvgIpc) is 3.32. The van der Waals surface area contributed by atoms with E-state index < -0.39 is 53.4 Å². The lowest BCUT2D eigenvalue weighted by molar-refractivity contribution is -0.271. The number of benzene rings is 1. The van der Waals surface area contributed by atoms with Crippen LogP contribution in [0, 0.1) is 16.2 Å². The number of carbonyl (C=O) groups excluding carboxylic acids is 4. The standard InChI is InChI=1S/C39H59N3O13/c1-37(2,3)21-22-10-11-24(54-36-31(47)29(45)30(46)32(55-36)35(50)51)23(20-22)41-26(44)12-14-40-25(43)13-16-52-18-19-53-17-15-42-33(48)27(38(4,5)6)28(34(42)49)39(7,8)9/h10-11,20,29-32,36,45-47H,12-19,21H2,1-9H3,(H,40,43)(H,41,44)(H,50,51)/t29-,30-,31+,32-,36+/m0/s1. The summed E-state index contributed by atoms with van der Waals surface area (Å²) in [5.41, 5.74) is 1.02. The Bertz CT molecular complexity index is 1550. The molecule has 16 heteroatoms. The summed E-state index contributed by atoms with van der Waals surface area (Å²) < 4.78 is 22.0. The number of imide groups is 1. The first kappa shape index (κ1) is 45.5. The number of hydrogen-bond acceptors (Lipinski definition) is 12. The number of rotatable bonds is 17. The van der Waals surface area contributed by atoms with Crippen LogP contribution >= 0.6 is 0 Å². The first-order chi connectivity index (χ1) is 25.4. The predicted molar refractivity (Wildman–Crippen MR) is 200 cm³/mol. The molecule has 1 fully saturated rings. The minimum absolute atomic E-state index is 0.0110. The van der Waals surface area contributed by atoms with E-state index in [9.17, 15) is 44.4 Å². The third kappa shape index (κ3) is 12.8. The number of ether oxygens (including phenoxy) is 4. The third-order valence-electron chi connectivity index (χ3n) is 8.76. The van der Waals surface area contributed by atoms with Crippen LogP contribution in [0.15, 0.2) is 29.3 Å². The van der Waals surface area contributed by atoms with E-state index in [1.165, 1.54) is 11.0 Å². The maximum Gasteiger partial charge on any atom is 0.335 e. The number of amides is 4. The molecule has 0 spiro atoms. The topological polar surface area (TPSA) is 230 Å². The van der Waals surface area contributed by atoms with E-state index in [1.54, 1.807) is 12.1 Å². The Labute approximate surface area is 322 Å². The summed E-state index contributed by atoms with van der Waals surface area (Å²) in [7, 11) is 0. The Morgan fingerprint density at radius 1 is 0.782 bits per heavy atom. The molecule has 2 aliphatic heterocycles. The smallest absolute Gasteiger partial charge is 0.335 e. The van der Waals surface area contributed by atoms with Crippen LogP contribution in [0.3, 0.4) is 0 Å². The van der Waals surface area contributed by atoms with Crippen molar-refractivity contribution in [3.8, 4) is 5.75 Å². The van der Waals surface area contributed by atoms with Gasteiger partial charge in [0.2, 0.25) is 18.1 Å². The lowest BCUT2D eigenvalue weighted by Crippen LogP contribution is -2.61. The quantitative estimate of drug-likeness (QED) is 0.0986. The monoisotopic (exact) mass is 777 g/mol. The van der Waals surface area contributed by atoms with Gasteiger partial charge in [-0.1, -0.05) is 68.4 Å². The fourth-order valence-corrected chi connectivity index (χ4v) is 6.20. The molecule has 4 amide bonds. The Balaban J connectivity index is 1.42. The maximum absolute atomic E-state index is 13.1. The highest BCUT2D eigenvalue weighted by Crippen LogP contribution is 2.42. The summed E-state index contributed by atoms with van der Waals surface area (Å²) in [5.74, 6) is -2.94. The number of aliphatic hydroxyl groups is 3.